The Morgan fingerprint density at radius 2 is 1.92 bits per heavy atom. The van der Waals surface area contributed by atoms with Crippen LogP contribution in [0.15, 0.2) is 0 Å². The summed E-state index contributed by atoms with van der Waals surface area (Å²) in [6, 6.07) is 0. The summed E-state index contributed by atoms with van der Waals surface area (Å²) in [5.41, 5.74) is -0.116. The Kier molecular flexibility index (Phi) is 5.71. The van der Waals surface area contributed by atoms with E-state index in [9.17, 15) is 4.79 Å². The predicted octanol–water partition coefficient (Wildman–Crippen LogP) is 2.14. The first kappa shape index (κ1) is 12.4. The maximum Gasteiger partial charge on any atom is 0.305 e. The van der Waals surface area contributed by atoms with Gasteiger partial charge < -0.3 is 9.47 Å². The number of carbonyl (C=O) groups excluding carboxylic acids is 1. The van der Waals surface area contributed by atoms with Gasteiger partial charge in [0.2, 0.25) is 0 Å². The standard InChI is InChI=1S/C10H20O3/c1-5-12-9(11)7-6-8-13-10(2,3)4/h5-8H2,1-4H3. The zero-order valence-corrected chi connectivity index (χ0v) is 9.05. The molecule has 13 heavy (non-hydrogen) atoms. The molecule has 0 aromatic carbocycles. The minimum Gasteiger partial charge on any atom is -0.466 e. The molecule has 0 aliphatic heterocycles. The van der Waals surface area contributed by atoms with Crippen LogP contribution in [0.2, 0.25) is 0 Å². The van der Waals surface area contributed by atoms with Gasteiger partial charge in [-0.1, -0.05) is 0 Å². The highest BCUT2D eigenvalue weighted by Gasteiger charge is 2.09. The summed E-state index contributed by atoms with van der Waals surface area (Å²) in [6.45, 7) is 8.87. The van der Waals surface area contributed by atoms with Crippen LogP contribution in [0.3, 0.4) is 0 Å². The van der Waals surface area contributed by atoms with Gasteiger partial charge in [0.25, 0.3) is 0 Å². The van der Waals surface area contributed by atoms with E-state index in [1.807, 2.05) is 27.7 Å². The molecule has 0 spiro atoms. The normalized spacial score (nSPS) is 11.4. The van der Waals surface area contributed by atoms with Gasteiger partial charge in [-0.25, -0.2) is 0 Å². The SMILES string of the molecule is CCOC(=O)CCCOC(C)(C)C. The van der Waals surface area contributed by atoms with Crippen molar-refractivity contribution < 1.29 is 14.3 Å². The first-order chi connectivity index (χ1) is 5.95. The zero-order valence-electron chi connectivity index (χ0n) is 9.05. The van der Waals surface area contributed by atoms with Crippen LogP contribution in [0.25, 0.3) is 0 Å². The number of hydrogen-bond donors (Lipinski definition) is 0. The van der Waals surface area contributed by atoms with Crippen molar-refractivity contribution in [1.82, 2.24) is 0 Å². The molecule has 0 aliphatic carbocycles. The fourth-order valence-corrected chi connectivity index (χ4v) is 0.828. The van der Waals surface area contributed by atoms with Crippen LogP contribution in [-0.4, -0.2) is 24.8 Å². The second-order valence-corrected chi connectivity index (χ2v) is 3.87. The molecule has 0 radical (unpaired) electrons. The summed E-state index contributed by atoms with van der Waals surface area (Å²) >= 11 is 0. The summed E-state index contributed by atoms with van der Waals surface area (Å²) in [6.07, 6.45) is 1.18. The molecule has 0 atom stereocenters. The molecule has 0 bridgehead atoms. The van der Waals surface area contributed by atoms with E-state index in [1.165, 1.54) is 0 Å². The highest BCUT2D eigenvalue weighted by molar-refractivity contribution is 5.69. The fraction of sp³-hybridized carbons (Fsp3) is 0.900. The molecule has 0 aromatic rings. The van der Waals surface area contributed by atoms with Gasteiger partial charge in [0.1, 0.15) is 0 Å². The number of ether oxygens (including phenoxy) is 2. The molecule has 78 valence electrons. The molecule has 3 heteroatoms. The minimum atomic E-state index is -0.139. The van der Waals surface area contributed by atoms with Gasteiger partial charge in [-0.3, -0.25) is 4.79 Å². The van der Waals surface area contributed by atoms with Crippen molar-refractivity contribution in [3.05, 3.63) is 0 Å². The van der Waals surface area contributed by atoms with Crippen molar-refractivity contribution in [2.75, 3.05) is 13.2 Å². The Bertz CT molecular complexity index is 147. The molecule has 0 amide bonds. The van der Waals surface area contributed by atoms with Crippen LogP contribution < -0.4 is 0 Å². The van der Waals surface area contributed by atoms with Crippen molar-refractivity contribution >= 4 is 5.97 Å². The first-order valence-corrected chi connectivity index (χ1v) is 4.75. The molecule has 0 aliphatic rings. The zero-order chi connectivity index (χ0) is 10.3. The lowest BCUT2D eigenvalue weighted by Gasteiger charge is -2.19. The van der Waals surface area contributed by atoms with E-state index < -0.39 is 0 Å². The average molecular weight is 188 g/mol. The van der Waals surface area contributed by atoms with E-state index >= 15 is 0 Å². The van der Waals surface area contributed by atoms with Crippen LogP contribution in [0.1, 0.15) is 40.5 Å². The van der Waals surface area contributed by atoms with Gasteiger partial charge in [-0.15, -0.1) is 0 Å². The van der Waals surface area contributed by atoms with Crippen LogP contribution in [-0.2, 0) is 14.3 Å². The molecule has 0 unspecified atom stereocenters. The molecule has 0 saturated heterocycles. The van der Waals surface area contributed by atoms with Crippen LogP contribution in [0.5, 0.6) is 0 Å². The number of rotatable bonds is 5. The van der Waals surface area contributed by atoms with E-state index in [4.69, 9.17) is 9.47 Å². The molecule has 0 saturated carbocycles. The number of carbonyl (C=O) groups is 1. The Balaban J connectivity index is 3.31. The predicted molar refractivity (Wildman–Crippen MR) is 51.6 cm³/mol. The topological polar surface area (TPSA) is 35.5 Å². The maximum absolute atomic E-state index is 10.9. The van der Waals surface area contributed by atoms with Crippen LogP contribution in [0, 0.1) is 0 Å². The van der Waals surface area contributed by atoms with Gasteiger partial charge >= 0.3 is 5.97 Å². The van der Waals surface area contributed by atoms with Gasteiger partial charge in [0, 0.05) is 13.0 Å². The summed E-state index contributed by atoms with van der Waals surface area (Å²) in [5.74, 6) is -0.139. The van der Waals surface area contributed by atoms with Gasteiger partial charge in [0.15, 0.2) is 0 Å². The Morgan fingerprint density at radius 3 is 2.38 bits per heavy atom. The molecule has 0 heterocycles. The average Bonchev–Trinajstić information content (AvgIpc) is 1.97. The molecular formula is C10H20O3. The van der Waals surface area contributed by atoms with Crippen LogP contribution >= 0.6 is 0 Å². The largest absolute Gasteiger partial charge is 0.466 e. The lowest BCUT2D eigenvalue weighted by molar-refractivity contribution is -0.143. The lowest BCUT2D eigenvalue weighted by atomic mass is 10.2. The van der Waals surface area contributed by atoms with E-state index in [-0.39, 0.29) is 11.6 Å². The van der Waals surface area contributed by atoms with Crippen molar-refractivity contribution in [2.45, 2.75) is 46.1 Å². The van der Waals surface area contributed by atoms with Crippen molar-refractivity contribution in [2.24, 2.45) is 0 Å². The van der Waals surface area contributed by atoms with E-state index in [2.05, 4.69) is 0 Å². The molecule has 0 rings (SSSR count). The lowest BCUT2D eigenvalue weighted by Crippen LogP contribution is -2.20. The second-order valence-electron chi connectivity index (χ2n) is 3.87. The second kappa shape index (κ2) is 5.97. The number of hydrogen-bond acceptors (Lipinski definition) is 3. The highest BCUT2D eigenvalue weighted by atomic mass is 16.5. The molecule has 3 nitrogen and oxygen atoms in total. The summed E-state index contributed by atoms with van der Waals surface area (Å²) in [4.78, 5) is 10.9. The summed E-state index contributed by atoms with van der Waals surface area (Å²) in [7, 11) is 0. The fourth-order valence-electron chi connectivity index (χ4n) is 0.828. The Labute approximate surface area is 80.4 Å². The third-order valence-electron chi connectivity index (χ3n) is 1.37. The van der Waals surface area contributed by atoms with E-state index in [0.29, 0.717) is 19.6 Å². The quantitative estimate of drug-likeness (QED) is 0.490. The van der Waals surface area contributed by atoms with Crippen LogP contribution in [0.4, 0.5) is 0 Å². The Morgan fingerprint density at radius 1 is 1.31 bits per heavy atom. The van der Waals surface area contributed by atoms with Gasteiger partial charge in [-0.2, -0.15) is 0 Å². The summed E-state index contributed by atoms with van der Waals surface area (Å²) < 4.78 is 10.2. The molecule has 0 aromatic heterocycles. The minimum absolute atomic E-state index is 0.116. The summed E-state index contributed by atoms with van der Waals surface area (Å²) in [5, 5.41) is 0. The monoisotopic (exact) mass is 188 g/mol. The van der Waals surface area contributed by atoms with Crippen molar-refractivity contribution in [1.29, 1.82) is 0 Å². The highest BCUT2D eigenvalue weighted by Crippen LogP contribution is 2.07. The Hall–Kier alpha value is -0.570. The van der Waals surface area contributed by atoms with E-state index in [1.54, 1.807) is 0 Å². The molecule has 0 fully saturated rings. The third-order valence-corrected chi connectivity index (χ3v) is 1.37. The van der Waals surface area contributed by atoms with E-state index in [0.717, 1.165) is 6.42 Å². The number of esters is 1. The van der Waals surface area contributed by atoms with Crippen molar-refractivity contribution in [3.8, 4) is 0 Å². The first-order valence-electron chi connectivity index (χ1n) is 4.75. The van der Waals surface area contributed by atoms with Gasteiger partial charge in [-0.05, 0) is 34.1 Å². The third kappa shape index (κ3) is 9.34. The molecular weight excluding hydrogens is 168 g/mol. The smallest absolute Gasteiger partial charge is 0.305 e. The van der Waals surface area contributed by atoms with Gasteiger partial charge in [0.05, 0.1) is 12.2 Å². The van der Waals surface area contributed by atoms with Crippen molar-refractivity contribution in [3.63, 3.8) is 0 Å². The maximum atomic E-state index is 10.9. The molecule has 0 N–H and O–H groups in total.